The van der Waals surface area contributed by atoms with Gasteiger partial charge in [-0.2, -0.15) is 0 Å². The molecule has 0 amide bonds. The van der Waals surface area contributed by atoms with Crippen LogP contribution in [0.4, 0.5) is 0 Å². The average molecular weight is 144 g/mol. The second-order valence-electron chi connectivity index (χ2n) is 2.56. The number of carboxylic acids is 1. The first-order valence-corrected chi connectivity index (χ1v) is 3.11. The number of aliphatic hydroxyl groups excluding tert-OH is 1. The van der Waals surface area contributed by atoms with E-state index in [0.717, 1.165) is 0 Å². The van der Waals surface area contributed by atoms with Crippen molar-refractivity contribution in [2.24, 2.45) is 5.41 Å². The summed E-state index contributed by atoms with van der Waals surface area (Å²) in [5.74, 6) is -1.000. The molecule has 2 N–H and O–H groups in total. The van der Waals surface area contributed by atoms with Crippen molar-refractivity contribution < 1.29 is 15.0 Å². The molecule has 10 heavy (non-hydrogen) atoms. The molecule has 1 unspecified atom stereocenters. The zero-order valence-corrected chi connectivity index (χ0v) is 6.00. The minimum Gasteiger partial charge on any atom is -0.481 e. The zero-order chi connectivity index (χ0) is 8.20. The fourth-order valence-electron chi connectivity index (χ4n) is 0.572. The number of carbonyl (C=O) groups is 1. The molecule has 3 heteroatoms. The van der Waals surface area contributed by atoms with Gasteiger partial charge in [-0.05, 0) is 26.7 Å². The predicted molar refractivity (Wildman–Crippen MR) is 36.4 cm³/mol. The lowest BCUT2D eigenvalue weighted by Gasteiger charge is -2.20. The van der Waals surface area contributed by atoms with E-state index in [1.165, 1.54) is 6.92 Å². The Kier molecular flexibility index (Phi) is 3.36. The van der Waals surface area contributed by atoms with Gasteiger partial charge in [0.05, 0.1) is 12.0 Å². The minimum atomic E-state index is -1.06. The number of rotatable bonds is 4. The molecule has 58 valence electrons. The summed E-state index contributed by atoms with van der Waals surface area (Å²) in [6.45, 7) is 6.27. The maximum absolute atomic E-state index is 10.4. The molecular formula is C7H12O3. The highest BCUT2D eigenvalue weighted by molar-refractivity contribution is 5.74. The fraction of sp³-hybridized carbons (Fsp3) is 0.714. The first-order valence-electron chi connectivity index (χ1n) is 3.11. The minimum absolute atomic E-state index is 0.281. The van der Waals surface area contributed by atoms with Crippen LogP contribution in [0.2, 0.25) is 0 Å². The van der Waals surface area contributed by atoms with Gasteiger partial charge in [0.15, 0.2) is 0 Å². The van der Waals surface area contributed by atoms with Crippen LogP contribution in [0.3, 0.4) is 0 Å². The van der Waals surface area contributed by atoms with Gasteiger partial charge in [0, 0.05) is 0 Å². The van der Waals surface area contributed by atoms with E-state index in [-0.39, 0.29) is 13.0 Å². The summed E-state index contributed by atoms with van der Waals surface area (Å²) in [5.41, 5.74) is -1.06. The molecule has 0 rings (SSSR count). The molecule has 0 fully saturated rings. The maximum atomic E-state index is 10.4. The molecule has 0 spiro atoms. The lowest BCUT2D eigenvalue weighted by Crippen LogP contribution is -2.31. The van der Waals surface area contributed by atoms with Crippen LogP contribution < -0.4 is 0 Å². The molecule has 2 radical (unpaired) electrons. The van der Waals surface area contributed by atoms with Crippen molar-refractivity contribution in [3.63, 3.8) is 0 Å². The van der Waals surface area contributed by atoms with Gasteiger partial charge in [0.1, 0.15) is 0 Å². The molecule has 0 heterocycles. The highest BCUT2D eigenvalue weighted by Gasteiger charge is 2.30. The van der Waals surface area contributed by atoms with Crippen LogP contribution in [0, 0.1) is 12.3 Å². The van der Waals surface area contributed by atoms with Gasteiger partial charge in [-0.3, -0.25) is 4.79 Å². The summed E-state index contributed by atoms with van der Waals surface area (Å²) in [5, 5.41) is 17.2. The summed E-state index contributed by atoms with van der Waals surface area (Å²) < 4.78 is 0. The Balaban J connectivity index is 4.08. The maximum Gasteiger partial charge on any atom is 0.311 e. The van der Waals surface area contributed by atoms with Gasteiger partial charge in [-0.1, -0.05) is 0 Å². The lowest BCUT2D eigenvalue weighted by molar-refractivity contribution is -0.150. The lowest BCUT2D eigenvalue weighted by atomic mass is 9.87. The normalized spacial score (nSPS) is 16.3. The SMILES string of the molecule is [CH]CCC(C)(CO)C(=O)O. The van der Waals surface area contributed by atoms with Crippen LogP contribution in [-0.2, 0) is 4.79 Å². The van der Waals surface area contributed by atoms with Gasteiger partial charge >= 0.3 is 5.97 Å². The van der Waals surface area contributed by atoms with Crippen molar-refractivity contribution in [2.45, 2.75) is 19.8 Å². The Hall–Kier alpha value is -0.570. The summed E-state index contributed by atoms with van der Waals surface area (Å²) in [7, 11) is 0. The molecule has 0 aliphatic rings. The van der Waals surface area contributed by atoms with Crippen LogP contribution in [0.1, 0.15) is 19.8 Å². The van der Waals surface area contributed by atoms with Crippen molar-refractivity contribution in [3.05, 3.63) is 6.92 Å². The molecule has 0 aromatic carbocycles. The number of hydrogen-bond acceptors (Lipinski definition) is 2. The first-order chi connectivity index (χ1) is 4.56. The zero-order valence-electron chi connectivity index (χ0n) is 6.00. The van der Waals surface area contributed by atoms with Crippen LogP contribution in [0.15, 0.2) is 0 Å². The molecule has 0 aromatic rings. The van der Waals surface area contributed by atoms with Crippen LogP contribution >= 0.6 is 0 Å². The van der Waals surface area contributed by atoms with Crippen molar-refractivity contribution in [2.75, 3.05) is 6.61 Å². The van der Waals surface area contributed by atoms with E-state index in [9.17, 15) is 4.79 Å². The largest absolute Gasteiger partial charge is 0.481 e. The third kappa shape index (κ3) is 1.99. The number of aliphatic hydroxyl groups is 1. The second kappa shape index (κ2) is 3.56. The number of carboxylic acid groups (broad SMARTS) is 1. The van der Waals surface area contributed by atoms with E-state index >= 15 is 0 Å². The van der Waals surface area contributed by atoms with Gasteiger partial charge in [0.2, 0.25) is 0 Å². The Bertz CT molecular complexity index is 122. The van der Waals surface area contributed by atoms with E-state index in [2.05, 4.69) is 0 Å². The summed E-state index contributed by atoms with van der Waals surface area (Å²) in [6.07, 6.45) is 0.586. The monoisotopic (exact) mass is 144 g/mol. The molecule has 0 saturated heterocycles. The van der Waals surface area contributed by atoms with Crippen LogP contribution in [0.25, 0.3) is 0 Å². The highest BCUT2D eigenvalue weighted by Crippen LogP contribution is 2.21. The molecule has 3 nitrogen and oxygen atoms in total. The summed E-state index contributed by atoms with van der Waals surface area (Å²) in [4.78, 5) is 10.4. The van der Waals surface area contributed by atoms with Gasteiger partial charge in [0.25, 0.3) is 0 Å². The topological polar surface area (TPSA) is 57.5 Å². The number of hydrogen-bond donors (Lipinski definition) is 2. The molecule has 0 saturated carbocycles. The quantitative estimate of drug-likeness (QED) is 0.606. The molecular weight excluding hydrogens is 132 g/mol. The molecule has 1 atom stereocenters. The van der Waals surface area contributed by atoms with E-state index in [4.69, 9.17) is 17.1 Å². The van der Waals surface area contributed by atoms with Crippen molar-refractivity contribution in [3.8, 4) is 0 Å². The van der Waals surface area contributed by atoms with Crippen molar-refractivity contribution in [1.29, 1.82) is 0 Å². The van der Waals surface area contributed by atoms with Gasteiger partial charge < -0.3 is 10.2 Å². The smallest absolute Gasteiger partial charge is 0.311 e. The van der Waals surface area contributed by atoms with E-state index in [1.807, 2.05) is 0 Å². The van der Waals surface area contributed by atoms with E-state index < -0.39 is 11.4 Å². The average Bonchev–Trinajstić information content (AvgIpc) is 1.88. The van der Waals surface area contributed by atoms with Gasteiger partial charge in [-0.15, -0.1) is 0 Å². The summed E-state index contributed by atoms with van der Waals surface area (Å²) in [6, 6.07) is 0. The first kappa shape index (κ1) is 9.43. The molecule has 0 aromatic heterocycles. The Morgan fingerprint density at radius 1 is 1.70 bits per heavy atom. The Morgan fingerprint density at radius 2 is 2.20 bits per heavy atom. The molecule has 0 aliphatic heterocycles. The Morgan fingerprint density at radius 3 is 2.30 bits per heavy atom. The molecule has 0 bridgehead atoms. The third-order valence-electron chi connectivity index (χ3n) is 1.56. The predicted octanol–water partition coefficient (Wildman–Crippen LogP) is 0.561. The van der Waals surface area contributed by atoms with Crippen molar-refractivity contribution in [1.82, 2.24) is 0 Å². The van der Waals surface area contributed by atoms with Crippen molar-refractivity contribution >= 4 is 5.97 Å². The Labute approximate surface area is 60.7 Å². The van der Waals surface area contributed by atoms with E-state index in [0.29, 0.717) is 6.42 Å². The van der Waals surface area contributed by atoms with Crippen LogP contribution in [0.5, 0.6) is 0 Å². The standard InChI is InChI=1S/C7H12O3/c1-3-4-7(2,5-8)6(9)10/h1,8H,3-5H2,2H3,(H,9,10). The molecule has 0 aliphatic carbocycles. The summed E-state index contributed by atoms with van der Waals surface area (Å²) >= 11 is 0. The highest BCUT2D eigenvalue weighted by atomic mass is 16.4. The van der Waals surface area contributed by atoms with E-state index in [1.54, 1.807) is 0 Å². The number of aliphatic carboxylic acids is 1. The second-order valence-corrected chi connectivity index (χ2v) is 2.56. The fourth-order valence-corrected chi connectivity index (χ4v) is 0.572. The van der Waals surface area contributed by atoms with Crippen LogP contribution in [-0.4, -0.2) is 22.8 Å². The third-order valence-corrected chi connectivity index (χ3v) is 1.56. The van der Waals surface area contributed by atoms with Gasteiger partial charge in [-0.25, -0.2) is 0 Å².